The predicted molar refractivity (Wildman–Crippen MR) is 26.4 cm³/mol. The molecule has 0 saturated heterocycles. The first-order valence-electron chi connectivity index (χ1n) is 1.50. The molecule has 1 radical (unpaired) electrons. The third-order valence-corrected chi connectivity index (χ3v) is 0.250. The molecule has 0 rings (SSSR count). The monoisotopic (exact) mass is 309 g/mol. The molecule has 0 atom stereocenters. The fourth-order valence-electron chi connectivity index (χ4n) is 0. The van der Waals surface area contributed by atoms with Crippen LogP contribution < -0.4 is 0 Å². The van der Waals surface area contributed by atoms with E-state index >= 15 is 0 Å². The van der Waals surface area contributed by atoms with Gasteiger partial charge in [-0.25, -0.2) is 12.8 Å². The van der Waals surface area contributed by atoms with E-state index in [9.17, 15) is 0 Å². The van der Waals surface area contributed by atoms with Gasteiger partial charge in [-0.15, -0.1) is 0 Å². The SMILES string of the molecule is [CH2-]CC[CH2-].[CH3-].[U+3]. The van der Waals surface area contributed by atoms with Gasteiger partial charge in [0, 0.05) is 0 Å². The molecule has 0 aromatic heterocycles. The molecule has 0 aromatic carbocycles. The normalized spacial score (nSPS) is 5.00. The van der Waals surface area contributed by atoms with Crippen LogP contribution in [-0.4, -0.2) is 0 Å². The standard InChI is InChI=1S/C4H8.CH3.U/c1-3-4-2;;/h1-4H2;1H3;/q-2;-1;+3. The molecule has 0 spiro atoms. The Hall–Kier alpha value is 1.05. The zero-order valence-electron chi connectivity index (χ0n) is 4.33. The number of hydrogen-bond acceptors (Lipinski definition) is 0. The first-order valence-corrected chi connectivity index (χ1v) is 1.50. The van der Waals surface area contributed by atoms with E-state index < -0.39 is 0 Å². The topological polar surface area (TPSA) is 0 Å². The van der Waals surface area contributed by atoms with Crippen molar-refractivity contribution in [3.63, 3.8) is 0 Å². The summed E-state index contributed by atoms with van der Waals surface area (Å²) in [6.45, 7) is 7.08. The largest absolute Gasteiger partial charge is 3.00 e. The zero-order chi connectivity index (χ0) is 3.41. The van der Waals surface area contributed by atoms with E-state index in [0.29, 0.717) is 0 Å². The van der Waals surface area contributed by atoms with Gasteiger partial charge in [-0.2, -0.15) is 0 Å². The zero-order valence-corrected chi connectivity index (χ0v) is 8.49. The number of hydrogen-bond donors (Lipinski definition) is 0. The van der Waals surface area contributed by atoms with Crippen molar-refractivity contribution < 1.29 is 31.1 Å². The molecule has 0 saturated carbocycles. The van der Waals surface area contributed by atoms with Gasteiger partial charge in [0.1, 0.15) is 0 Å². The Bertz CT molecular complexity index is 5.90. The quantitative estimate of drug-likeness (QED) is 0.649. The van der Waals surface area contributed by atoms with Gasteiger partial charge in [0.05, 0.1) is 0 Å². The van der Waals surface area contributed by atoms with Gasteiger partial charge in [-0.1, -0.05) is 0 Å². The van der Waals surface area contributed by atoms with Gasteiger partial charge in [-0.05, 0) is 0 Å². The fourth-order valence-corrected chi connectivity index (χ4v) is 0. The number of unbranched alkanes of at least 4 members (excludes halogenated alkanes) is 1. The van der Waals surface area contributed by atoms with Crippen LogP contribution in [-0.2, 0) is 0 Å². The minimum atomic E-state index is 0. The molecule has 1 heteroatoms. The van der Waals surface area contributed by atoms with Gasteiger partial charge >= 0.3 is 31.1 Å². The van der Waals surface area contributed by atoms with Crippen molar-refractivity contribution in [3.05, 3.63) is 21.3 Å². The van der Waals surface area contributed by atoms with Gasteiger partial charge in [0.2, 0.25) is 0 Å². The Morgan fingerprint density at radius 2 is 1.17 bits per heavy atom. The van der Waals surface area contributed by atoms with Crippen molar-refractivity contribution in [1.82, 2.24) is 0 Å². The molecule has 0 aliphatic carbocycles. The van der Waals surface area contributed by atoms with E-state index in [1.54, 1.807) is 0 Å². The molecule has 0 aliphatic rings. The average Bonchev–Trinajstić information content (AvgIpc) is 1.37. The van der Waals surface area contributed by atoms with Crippen LogP contribution in [0.25, 0.3) is 0 Å². The van der Waals surface area contributed by atoms with Crippen LogP contribution >= 0.6 is 0 Å². The molecule has 0 bridgehead atoms. The molecule has 0 unspecified atom stereocenters. The third-order valence-electron chi connectivity index (χ3n) is 0.250. The first-order chi connectivity index (χ1) is 1.91. The van der Waals surface area contributed by atoms with E-state index in [4.69, 9.17) is 0 Å². The second-order valence-corrected chi connectivity index (χ2v) is 0.707. The molecule has 0 fully saturated rings. The summed E-state index contributed by atoms with van der Waals surface area (Å²) in [7, 11) is 0. The molecule has 35 valence electrons. The van der Waals surface area contributed by atoms with E-state index in [1.165, 1.54) is 0 Å². The van der Waals surface area contributed by atoms with Gasteiger partial charge < -0.3 is 21.3 Å². The third kappa shape index (κ3) is 19.7. The van der Waals surface area contributed by atoms with E-state index in [1.807, 2.05) is 0 Å². The maximum Gasteiger partial charge on any atom is 3.00 e. The Labute approximate surface area is 65.1 Å². The Morgan fingerprint density at radius 3 is 1.17 bits per heavy atom. The summed E-state index contributed by atoms with van der Waals surface area (Å²) in [6, 6.07) is 0. The minimum Gasteiger partial charge on any atom is -0.358 e. The minimum absolute atomic E-state index is 0. The van der Waals surface area contributed by atoms with Crippen LogP contribution in [0.1, 0.15) is 12.8 Å². The van der Waals surface area contributed by atoms with E-state index in [2.05, 4.69) is 13.8 Å². The van der Waals surface area contributed by atoms with E-state index in [-0.39, 0.29) is 38.5 Å². The van der Waals surface area contributed by atoms with Gasteiger partial charge in [0.15, 0.2) is 0 Å². The van der Waals surface area contributed by atoms with Crippen LogP contribution in [0.5, 0.6) is 0 Å². The molecule has 0 aromatic rings. The van der Waals surface area contributed by atoms with Gasteiger partial charge in [0.25, 0.3) is 0 Å². The Balaban J connectivity index is -0.0000000450. The van der Waals surface area contributed by atoms with Crippen molar-refractivity contribution in [2.45, 2.75) is 12.8 Å². The number of rotatable bonds is 1. The van der Waals surface area contributed by atoms with Crippen LogP contribution in [0.15, 0.2) is 0 Å². The van der Waals surface area contributed by atoms with E-state index in [0.717, 1.165) is 12.8 Å². The molecular weight excluding hydrogens is 298 g/mol. The van der Waals surface area contributed by atoms with Crippen molar-refractivity contribution in [2.24, 2.45) is 0 Å². The molecule has 6 heavy (non-hydrogen) atoms. The molecule has 0 amide bonds. The van der Waals surface area contributed by atoms with Crippen molar-refractivity contribution in [3.8, 4) is 0 Å². The summed E-state index contributed by atoms with van der Waals surface area (Å²) in [5.74, 6) is 0. The first kappa shape index (κ1) is 15.7. The second-order valence-electron chi connectivity index (χ2n) is 0.707. The summed E-state index contributed by atoms with van der Waals surface area (Å²) < 4.78 is 0. The Kier molecular flexibility index (Phi) is 43.5. The molecule has 0 N–H and O–H groups in total. The molecule has 0 heterocycles. The summed E-state index contributed by atoms with van der Waals surface area (Å²) in [4.78, 5) is 0. The van der Waals surface area contributed by atoms with Crippen LogP contribution in [0.3, 0.4) is 0 Å². The van der Waals surface area contributed by atoms with Crippen LogP contribution in [0, 0.1) is 52.4 Å². The predicted octanol–water partition coefficient (Wildman–Crippen LogP) is 1.89. The van der Waals surface area contributed by atoms with Crippen molar-refractivity contribution >= 4 is 0 Å². The second kappa shape index (κ2) is 16.6. The fraction of sp³-hybridized carbons (Fsp3) is 0.400. The molecule has 0 aliphatic heterocycles. The Morgan fingerprint density at radius 1 is 1.00 bits per heavy atom. The summed E-state index contributed by atoms with van der Waals surface area (Å²) in [5, 5.41) is 0. The van der Waals surface area contributed by atoms with Crippen LogP contribution in [0.4, 0.5) is 0 Å². The van der Waals surface area contributed by atoms with Gasteiger partial charge in [-0.3, -0.25) is 0 Å². The maximum atomic E-state index is 3.54. The van der Waals surface area contributed by atoms with Crippen molar-refractivity contribution in [1.29, 1.82) is 0 Å². The molecule has 0 nitrogen and oxygen atoms in total. The van der Waals surface area contributed by atoms with Crippen LogP contribution in [0.2, 0.25) is 0 Å². The maximum absolute atomic E-state index is 3.54. The average molecular weight is 309 g/mol. The summed E-state index contributed by atoms with van der Waals surface area (Å²) in [5.41, 5.74) is 0. The smallest absolute Gasteiger partial charge is 0.358 e. The van der Waals surface area contributed by atoms with Crippen molar-refractivity contribution in [2.75, 3.05) is 0 Å². The summed E-state index contributed by atoms with van der Waals surface area (Å²) in [6.07, 6.45) is 1.92. The molecular formula is C5H11U. The summed E-state index contributed by atoms with van der Waals surface area (Å²) >= 11 is 0.